The lowest BCUT2D eigenvalue weighted by Crippen LogP contribution is -2.32. The summed E-state index contributed by atoms with van der Waals surface area (Å²) in [5.74, 6) is 0.0766. The Balaban J connectivity index is 2.58. The summed E-state index contributed by atoms with van der Waals surface area (Å²) in [5, 5.41) is 9.88. The number of hydrogen-bond donors (Lipinski definition) is 1. The first-order chi connectivity index (χ1) is 6.91. The number of nitrogens with zero attached hydrogens (tertiary/aromatic N) is 1. The molecule has 0 aliphatic carbocycles. The third-order valence-electron chi connectivity index (χ3n) is 2.79. The summed E-state index contributed by atoms with van der Waals surface area (Å²) in [7, 11) is 0. The maximum Gasteiger partial charge on any atom is 0.246 e. The summed E-state index contributed by atoms with van der Waals surface area (Å²) in [6, 6.07) is 0. The zero-order valence-corrected chi connectivity index (χ0v) is 9.92. The first-order valence-electron chi connectivity index (χ1n) is 5.57. The third kappa shape index (κ3) is 4.04. The lowest BCUT2D eigenvalue weighted by atomic mass is 9.98. The van der Waals surface area contributed by atoms with E-state index in [0.717, 1.165) is 25.0 Å². The van der Waals surface area contributed by atoms with Gasteiger partial charge in [0, 0.05) is 19.2 Å². The van der Waals surface area contributed by atoms with Crippen LogP contribution in [0.3, 0.4) is 0 Å². The molecule has 0 radical (unpaired) electrons. The van der Waals surface area contributed by atoms with E-state index in [1.54, 1.807) is 6.08 Å². The second-order valence-corrected chi connectivity index (χ2v) is 4.90. The van der Waals surface area contributed by atoms with E-state index in [9.17, 15) is 9.90 Å². The van der Waals surface area contributed by atoms with Crippen molar-refractivity contribution in [2.24, 2.45) is 0 Å². The molecule has 1 saturated heterocycles. The van der Waals surface area contributed by atoms with Crippen molar-refractivity contribution in [3.8, 4) is 0 Å². The van der Waals surface area contributed by atoms with E-state index in [1.807, 2.05) is 25.7 Å². The fourth-order valence-corrected chi connectivity index (χ4v) is 1.82. The Kier molecular flexibility index (Phi) is 3.91. The molecule has 1 atom stereocenters. The van der Waals surface area contributed by atoms with Crippen LogP contribution in [0, 0.1) is 0 Å². The SMILES string of the molecule is CC(C)=CC(=O)N1CCCC(C)(O)CC1. The van der Waals surface area contributed by atoms with Gasteiger partial charge in [-0.05, 0) is 40.0 Å². The Bertz CT molecular complexity index is 265. The third-order valence-corrected chi connectivity index (χ3v) is 2.79. The van der Waals surface area contributed by atoms with Crippen LogP contribution in [0.5, 0.6) is 0 Å². The highest BCUT2D eigenvalue weighted by Gasteiger charge is 2.26. The van der Waals surface area contributed by atoms with Gasteiger partial charge in [-0.15, -0.1) is 0 Å². The highest BCUT2D eigenvalue weighted by atomic mass is 16.3. The van der Waals surface area contributed by atoms with E-state index < -0.39 is 5.60 Å². The van der Waals surface area contributed by atoms with Crippen molar-refractivity contribution in [2.75, 3.05) is 13.1 Å². The lowest BCUT2D eigenvalue weighted by molar-refractivity contribution is -0.126. The minimum atomic E-state index is -0.597. The normalized spacial score (nSPS) is 27.1. The molecule has 15 heavy (non-hydrogen) atoms. The average molecular weight is 211 g/mol. The van der Waals surface area contributed by atoms with E-state index in [4.69, 9.17) is 0 Å². The molecule has 1 N–H and O–H groups in total. The molecular formula is C12H21NO2. The zero-order chi connectivity index (χ0) is 11.5. The maximum absolute atomic E-state index is 11.7. The Labute approximate surface area is 91.8 Å². The summed E-state index contributed by atoms with van der Waals surface area (Å²) < 4.78 is 0. The average Bonchev–Trinajstić information content (AvgIpc) is 2.25. The molecule has 1 fully saturated rings. The van der Waals surface area contributed by atoms with Crippen LogP contribution in [-0.4, -0.2) is 34.6 Å². The van der Waals surface area contributed by atoms with Crippen LogP contribution in [0.2, 0.25) is 0 Å². The summed E-state index contributed by atoms with van der Waals surface area (Å²) in [6.45, 7) is 7.12. The fourth-order valence-electron chi connectivity index (χ4n) is 1.82. The first kappa shape index (κ1) is 12.2. The van der Waals surface area contributed by atoms with Crippen LogP contribution in [0.25, 0.3) is 0 Å². The van der Waals surface area contributed by atoms with Crippen LogP contribution in [0.15, 0.2) is 11.6 Å². The molecule has 1 aliphatic heterocycles. The summed E-state index contributed by atoms with van der Waals surface area (Å²) in [5.41, 5.74) is 0.427. The molecule has 86 valence electrons. The molecule has 0 spiro atoms. The van der Waals surface area contributed by atoms with Gasteiger partial charge < -0.3 is 10.0 Å². The van der Waals surface area contributed by atoms with Gasteiger partial charge in [0.1, 0.15) is 0 Å². The van der Waals surface area contributed by atoms with Gasteiger partial charge in [-0.2, -0.15) is 0 Å². The minimum absolute atomic E-state index is 0.0766. The van der Waals surface area contributed by atoms with Crippen molar-refractivity contribution >= 4 is 5.91 Å². The van der Waals surface area contributed by atoms with Crippen molar-refractivity contribution in [3.63, 3.8) is 0 Å². The van der Waals surface area contributed by atoms with E-state index in [-0.39, 0.29) is 5.91 Å². The van der Waals surface area contributed by atoms with Crippen LogP contribution >= 0.6 is 0 Å². The van der Waals surface area contributed by atoms with Crippen molar-refractivity contribution in [1.29, 1.82) is 0 Å². The van der Waals surface area contributed by atoms with Crippen molar-refractivity contribution in [3.05, 3.63) is 11.6 Å². The molecule has 1 unspecified atom stereocenters. The first-order valence-corrected chi connectivity index (χ1v) is 5.57. The largest absolute Gasteiger partial charge is 0.390 e. The Hall–Kier alpha value is -0.830. The standard InChI is InChI=1S/C12H21NO2/c1-10(2)9-11(14)13-7-4-5-12(3,15)6-8-13/h9,15H,4-8H2,1-3H3. The topological polar surface area (TPSA) is 40.5 Å². The highest BCUT2D eigenvalue weighted by molar-refractivity contribution is 5.88. The second kappa shape index (κ2) is 4.79. The van der Waals surface area contributed by atoms with Crippen LogP contribution in [-0.2, 0) is 4.79 Å². The number of likely N-dealkylation sites (tertiary alicyclic amines) is 1. The molecule has 0 bridgehead atoms. The quantitative estimate of drug-likeness (QED) is 0.671. The highest BCUT2D eigenvalue weighted by Crippen LogP contribution is 2.21. The molecule has 3 nitrogen and oxygen atoms in total. The number of hydrogen-bond acceptors (Lipinski definition) is 2. The van der Waals surface area contributed by atoms with Gasteiger partial charge in [0.05, 0.1) is 5.60 Å². The molecule has 1 aliphatic rings. The summed E-state index contributed by atoms with van der Waals surface area (Å²) in [4.78, 5) is 13.6. The molecule has 1 heterocycles. The van der Waals surface area contributed by atoms with Gasteiger partial charge >= 0.3 is 0 Å². The van der Waals surface area contributed by atoms with Gasteiger partial charge in [-0.3, -0.25) is 4.79 Å². The number of carbonyl (C=O) groups excluding carboxylic acids is 1. The number of amides is 1. The number of carbonyl (C=O) groups is 1. The van der Waals surface area contributed by atoms with Crippen LogP contribution < -0.4 is 0 Å². The molecule has 0 aromatic carbocycles. The predicted octanol–water partition coefficient (Wildman–Crippen LogP) is 1.72. The maximum atomic E-state index is 11.7. The Morgan fingerprint density at radius 2 is 2.00 bits per heavy atom. The molecule has 3 heteroatoms. The molecule has 1 amide bonds. The zero-order valence-electron chi connectivity index (χ0n) is 9.92. The van der Waals surface area contributed by atoms with Crippen molar-refractivity contribution < 1.29 is 9.90 Å². The predicted molar refractivity (Wildman–Crippen MR) is 60.5 cm³/mol. The Morgan fingerprint density at radius 1 is 1.33 bits per heavy atom. The minimum Gasteiger partial charge on any atom is -0.390 e. The molecule has 0 saturated carbocycles. The summed E-state index contributed by atoms with van der Waals surface area (Å²) in [6.07, 6.45) is 4.01. The number of allylic oxidation sites excluding steroid dienone is 1. The van der Waals surface area contributed by atoms with Crippen LogP contribution in [0.1, 0.15) is 40.0 Å². The van der Waals surface area contributed by atoms with E-state index in [2.05, 4.69) is 0 Å². The molecule has 0 aromatic rings. The summed E-state index contributed by atoms with van der Waals surface area (Å²) >= 11 is 0. The van der Waals surface area contributed by atoms with Crippen molar-refractivity contribution in [1.82, 2.24) is 4.90 Å². The fraction of sp³-hybridized carbons (Fsp3) is 0.750. The number of rotatable bonds is 1. The van der Waals surface area contributed by atoms with Crippen molar-refractivity contribution in [2.45, 2.75) is 45.6 Å². The van der Waals surface area contributed by atoms with Gasteiger partial charge in [-0.1, -0.05) is 5.57 Å². The smallest absolute Gasteiger partial charge is 0.246 e. The van der Waals surface area contributed by atoms with Gasteiger partial charge in [0.15, 0.2) is 0 Å². The van der Waals surface area contributed by atoms with Gasteiger partial charge in [-0.25, -0.2) is 0 Å². The lowest BCUT2D eigenvalue weighted by Gasteiger charge is -2.21. The molecule has 1 rings (SSSR count). The second-order valence-electron chi connectivity index (χ2n) is 4.90. The molecule has 0 aromatic heterocycles. The Morgan fingerprint density at radius 3 is 2.60 bits per heavy atom. The van der Waals surface area contributed by atoms with E-state index in [0.29, 0.717) is 13.0 Å². The number of aliphatic hydroxyl groups is 1. The molecular weight excluding hydrogens is 190 g/mol. The van der Waals surface area contributed by atoms with Gasteiger partial charge in [0.2, 0.25) is 5.91 Å². The monoisotopic (exact) mass is 211 g/mol. The van der Waals surface area contributed by atoms with E-state index in [1.165, 1.54) is 0 Å². The van der Waals surface area contributed by atoms with E-state index >= 15 is 0 Å². The van der Waals surface area contributed by atoms with Crippen LogP contribution in [0.4, 0.5) is 0 Å². The van der Waals surface area contributed by atoms with Gasteiger partial charge in [0.25, 0.3) is 0 Å².